The molecule has 0 radical (unpaired) electrons. The van der Waals surface area contributed by atoms with Gasteiger partial charge in [0.25, 0.3) is 0 Å². The van der Waals surface area contributed by atoms with Crippen LogP contribution in [0, 0.1) is 5.92 Å². The molecule has 0 unspecified atom stereocenters. The van der Waals surface area contributed by atoms with E-state index in [9.17, 15) is 4.79 Å². The lowest BCUT2D eigenvalue weighted by Gasteiger charge is -2.18. The second-order valence-electron chi connectivity index (χ2n) is 6.27. The molecule has 1 aliphatic rings. The number of benzene rings is 1. The summed E-state index contributed by atoms with van der Waals surface area (Å²) in [5.41, 5.74) is 2.05. The fourth-order valence-corrected chi connectivity index (χ4v) is 3.51. The molecule has 1 aliphatic carbocycles. The summed E-state index contributed by atoms with van der Waals surface area (Å²) in [5, 5.41) is 5.69. The van der Waals surface area contributed by atoms with Gasteiger partial charge in [-0.25, -0.2) is 0 Å². The van der Waals surface area contributed by atoms with E-state index in [0.29, 0.717) is 12.2 Å². The first-order chi connectivity index (χ1) is 10.3. The van der Waals surface area contributed by atoms with Crippen LogP contribution in [0.5, 0.6) is 0 Å². The second-order valence-corrected chi connectivity index (χ2v) is 6.27. The Kier molecular flexibility index (Phi) is 4.37. The van der Waals surface area contributed by atoms with Crippen LogP contribution >= 0.6 is 0 Å². The fraction of sp³-hybridized carbons (Fsp3) is 0.556. The van der Waals surface area contributed by atoms with E-state index in [-0.39, 0.29) is 5.92 Å². The molecule has 0 atom stereocenters. The van der Waals surface area contributed by atoms with Crippen molar-refractivity contribution in [3.63, 3.8) is 0 Å². The van der Waals surface area contributed by atoms with Crippen molar-refractivity contribution in [3.05, 3.63) is 30.0 Å². The first-order valence-corrected chi connectivity index (χ1v) is 8.19. The van der Waals surface area contributed by atoms with Crippen LogP contribution in [0.25, 0.3) is 10.9 Å². The normalized spacial score (nSPS) is 17.6. The third-order valence-corrected chi connectivity index (χ3v) is 4.74. The number of carbonyl (C=O) groups is 1. The smallest absolute Gasteiger partial charge is 0.142 e. The lowest BCUT2D eigenvalue weighted by Crippen LogP contribution is -2.18. The number of aryl methyl sites for hydroxylation is 1. The monoisotopic (exact) mass is 284 g/mol. The van der Waals surface area contributed by atoms with Crippen molar-refractivity contribution in [1.29, 1.82) is 0 Å². The van der Waals surface area contributed by atoms with Crippen molar-refractivity contribution in [1.82, 2.24) is 9.78 Å². The SMILES string of the molecule is Cn1nc(CC(=O)C2CCCCCCC2)c2ccccc21. The summed E-state index contributed by atoms with van der Waals surface area (Å²) >= 11 is 0. The Morgan fingerprint density at radius 2 is 1.81 bits per heavy atom. The number of nitrogens with zero attached hydrogens (tertiary/aromatic N) is 2. The average molecular weight is 284 g/mol. The molecule has 2 aromatic rings. The molecule has 3 heteroatoms. The van der Waals surface area contributed by atoms with Crippen molar-refractivity contribution in [3.8, 4) is 0 Å². The fourth-order valence-electron chi connectivity index (χ4n) is 3.51. The summed E-state index contributed by atoms with van der Waals surface area (Å²) in [6.07, 6.45) is 8.97. The van der Waals surface area contributed by atoms with E-state index in [4.69, 9.17) is 0 Å². The summed E-state index contributed by atoms with van der Waals surface area (Å²) in [6.45, 7) is 0. The standard InChI is InChI=1S/C18H24N2O/c1-20-17-12-8-7-11-15(17)16(19-20)13-18(21)14-9-5-3-2-4-6-10-14/h7-8,11-12,14H,2-6,9-10,13H2,1H3. The second kappa shape index (κ2) is 6.42. The first-order valence-electron chi connectivity index (χ1n) is 8.19. The summed E-state index contributed by atoms with van der Waals surface area (Å²) < 4.78 is 1.88. The topological polar surface area (TPSA) is 34.9 Å². The van der Waals surface area contributed by atoms with E-state index in [1.807, 2.05) is 23.9 Å². The molecule has 1 fully saturated rings. The van der Waals surface area contributed by atoms with Crippen LogP contribution in [0.2, 0.25) is 0 Å². The number of hydrogen-bond acceptors (Lipinski definition) is 2. The molecule has 0 saturated heterocycles. The quantitative estimate of drug-likeness (QED) is 0.852. The van der Waals surface area contributed by atoms with E-state index >= 15 is 0 Å². The molecule has 0 spiro atoms. The van der Waals surface area contributed by atoms with Gasteiger partial charge in [0.1, 0.15) is 5.78 Å². The maximum Gasteiger partial charge on any atom is 0.142 e. The Morgan fingerprint density at radius 3 is 2.57 bits per heavy atom. The van der Waals surface area contributed by atoms with E-state index in [1.165, 1.54) is 32.1 Å². The van der Waals surface area contributed by atoms with Crippen LogP contribution < -0.4 is 0 Å². The van der Waals surface area contributed by atoms with Crippen LogP contribution in [-0.4, -0.2) is 15.6 Å². The Hall–Kier alpha value is -1.64. The third-order valence-electron chi connectivity index (χ3n) is 4.74. The van der Waals surface area contributed by atoms with Crippen molar-refractivity contribution in [2.24, 2.45) is 13.0 Å². The molecule has 1 aromatic heterocycles. The summed E-state index contributed by atoms with van der Waals surface area (Å²) in [6, 6.07) is 8.17. The van der Waals surface area contributed by atoms with Crippen LogP contribution in [0.1, 0.15) is 50.6 Å². The molecule has 3 rings (SSSR count). The molecule has 112 valence electrons. The average Bonchev–Trinajstić information content (AvgIpc) is 2.75. The number of rotatable bonds is 3. The van der Waals surface area contributed by atoms with Gasteiger partial charge in [0.05, 0.1) is 17.6 Å². The number of fused-ring (bicyclic) bond motifs is 1. The minimum absolute atomic E-state index is 0.256. The minimum Gasteiger partial charge on any atom is -0.299 e. The van der Waals surface area contributed by atoms with Gasteiger partial charge in [0.2, 0.25) is 0 Å². The van der Waals surface area contributed by atoms with Crippen LogP contribution in [-0.2, 0) is 18.3 Å². The highest BCUT2D eigenvalue weighted by Gasteiger charge is 2.21. The molecule has 0 aliphatic heterocycles. The van der Waals surface area contributed by atoms with Gasteiger partial charge in [-0.1, -0.05) is 50.3 Å². The number of Topliss-reactive ketones (excluding diaryl/α,β-unsaturated/α-hetero) is 1. The van der Waals surface area contributed by atoms with E-state index < -0.39 is 0 Å². The molecule has 0 amide bonds. The van der Waals surface area contributed by atoms with Crippen molar-refractivity contribution >= 4 is 16.7 Å². The van der Waals surface area contributed by atoms with Crippen molar-refractivity contribution in [2.75, 3.05) is 0 Å². The summed E-state index contributed by atoms with van der Waals surface area (Å²) in [5.74, 6) is 0.645. The van der Waals surface area contributed by atoms with E-state index in [2.05, 4.69) is 17.2 Å². The molecular formula is C18H24N2O. The van der Waals surface area contributed by atoms with Gasteiger partial charge in [0, 0.05) is 18.4 Å². The Bertz CT molecular complexity index is 621. The minimum atomic E-state index is 0.256. The molecule has 1 aromatic carbocycles. The Labute approximate surface area is 126 Å². The number of hydrogen-bond donors (Lipinski definition) is 0. The van der Waals surface area contributed by atoms with Gasteiger partial charge < -0.3 is 0 Å². The zero-order valence-electron chi connectivity index (χ0n) is 12.8. The highest BCUT2D eigenvalue weighted by molar-refractivity contribution is 5.89. The predicted octanol–water partition coefficient (Wildman–Crippen LogP) is 4.05. The van der Waals surface area contributed by atoms with Gasteiger partial charge in [0.15, 0.2) is 0 Å². The van der Waals surface area contributed by atoms with Crippen LogP contribution in [0.3, 0.4) is 0 Å². The van der Waals surface area contributed by atoms with Gasteiger partial charge in [-0.2, -0.15) is 5.10 Å². The lowest BCUT2D eigenvalue weighted by atomic mass is 9.86. The molecule has 1 saturated carbocycles. The number of para-hydroxylation sites is 1. The molecular weight excluding hydrogens is 260 g/mol. The Balaban J connectivity index is 1.76. The molecule has 0 N–H and O–H groups in total. The van der Waals surface area contributed by atoms with Crippen LogP contribution in [0.15, 0.2) is 24.3 Å². The van der Waals surface area contributed by atoms with Gasteiger partial charge in [-0.15, -0.1) is 0 Å². The molecule has 21 heavy (non-hydrogen) atoms. The van der Waals surface area contributed by atoms with Gasteiger partial charge >= 0.3 is 0 Å². The van der Waals surface area contributed by atoms with E-state index in [1.54, 1.807) is 0 Å². The third kappa shape index (κ3) is 3.17. The molecule has 3 nitrogen and oxygen atoms in total. The molecule has 0 bridgehead atoms. The lowest BCUT2D eigenvalue weighted by molar-refractivity contribution is -0.122. The van der Waals surface area contributed by atoms with Crippen molar-refractivity contribution in [2.45, 2.75) is 51.4 Å². The van der Waals surface area contributed by atoms with E-state index in [0.717, 1.165) is 29.4 Å². The maximum absolute atomic E-state index is 12.6. The van der Waals surface area contributed by atoms with Crippen LogP contribution in [0.4, 0.5) is 0 Å². The number of ketones is 1. The number of aromatic nitrogens is 2. The Morgan fingerprint density at radius 1 is 1.14 bits per heavy atom. The first kappa shape index (κ1) is 14.3. The maximum atomic E-state index is 12.6. The number of carbonyl (C=O) groups excluding carboxylic acids is 1. The summed E-state index contributed by atoms with van der Waals surface area (Å²) in [7, 11) is 1.95. The van der Waals surface area contributed by atoms with Crippen molar-refractivity contribution < 1.29 is 4.79 Å². The zero-order valence-corrected chi connectivity index (χ0v) is 12.8. The van der Waals surface area contributed by atoms with Gasteiger partial charge in [-0.3, -0.25) is 9.48 Å². The summed E-state index contributed by atoms with van der Waals surface area (Å²) in [4.78, 5) is 12.6. The molecule has 1 heterocycles. The van der Waals surface area contributed by atoms with Gasteiger partial charge in [-0.05, 0) is 18.9 Å². The largest absolute Gasteiger partial charge is 0.299 e. The highest BCUT2D eigenvalue weighted by atomic mass is 16.1. The predicted molar refractivity (Wildman–Crippen MR) is 85.2 cm³/mol. The highest BCUT2D eigenvalue weighted by Crippen LogP contribution is 2.25. The zero-order chi connectivity index (χ0) is 14.7.